The van der Waals surface area contributed by atoms with Gasteiger partial charge in [0.25, 0.3) is 0 Å². The van der Waals surface area contributed by atoms with E-state index in [-0.39, 0.29) is 11.8 Å². The zero-order valence-electron chi connectivity index (χ0n) is 9.84. The van der Waals surface area contributed by atoms with Gasteiger partial charge in [-0.3, -0.25) is 5.43 Å². The standard InChI is InChI=1S/C11H10BrF2N5/c1-5-2-6(12)7(13)3-9(5)17-10-8(14)4-16-11(18-10)19-15/h2-4H,15H2,1H3,(H2,16,17,18,19). The summed E-state index contributed by atoms with van der Waals surface area (Å²) in [4.78, 5) is 7.42. The van der Waals surface area contributed by atoms with Crippen LogP contribution in [0.1, 0.15) is 5.56 Å². The highest BCUT2D eigenvalue weighted by atomic mass is 79.9. The smallest absolute Gasteiger partial charge is 0.239 e. The predicted octanol–water partition coefficient (Wildman–Crippen LogP) is 2.85. The van der Waals surface area contributed by atoms with Crippen molar-refractivity contribution in [3.63, 3.8) is 0 Å². The highest BCUT2D eigenvalue weighted by Crippen LogP contribution is 2.27. The van der Waals surface area contributed by atoms with Crippen molar-refractivity contribution in [2.45, 2.75) is 6.92 Å². The Labute approximate surface area is 116 Å². The molecule has 19 heavy (non-hydrogen) atoms. The molecular weight excluding hydrogens is 320 g/mol. The maximum Gasteiger partial charge on any atom is 0.239 e. The van der Waals surface area contributed by atoms with Crippen LogP contribution in [0.25, 0.3) is 0 Å². The van der Waals surface area contributed by atoms with Crippen molar-refractivity contribution in [3.8, 4) is 0 Å². The van der Waals surface area contributed by atoms with Gasteiger partial charge in [-0.2, -0.15) is 4.98 Å². The van der Waals surface area contributed by atoms with Gasteiger partial charge in [0.1, 0.15) is 5.82 Å². The summed E-state index contributed by atoms with van der Waals surface area (Å²) < 4.78 is 27.3. The second-order valence-corrected chi connectivity index (χ2v) is 4.60. The summed E-state index contributed by atoms with van der Waals surface area (Å²) in [5.41, 5.74) is 3.34. The summed E-state index contributed by atoms with van der Waals surface area (Å²) in [7, 11) is 0. The van der Waals surface area contributed by atoms with Gasteiger partial charge in [0, 0.05) is 5.69 Å². The van der Waals surface area contributed by atoms with Crippen LogP contribution >= 0.6 is 15.9 Å². The van der Waals surface area contributed by atoms with Gasteiger partial charge in [0.05, 0.1) is 10.7 Å². The van der Waals surface area contributed by atoms with Gasteiger partial charge >= 0.3 is 0 Å². The lowest BCUT2D eigenvalue weighted by atomic mass is 10.2. The van der Waals surface area contributed by atoms with E-state index in [0.717, 1.165) is 11.8 Å². The average Bonchev–Trinajstić information content (AvgIpc) is 2.38. The van der Waals surface area contributed by atoms with E-state index in [9.17, 15) is 8.78 Å². The molecule has 8 heteroatoms. The fourth-order valence-corrected chi connectivity index (χ4v) is 1.89. The Bertz CT molecular complexity index is 620. The number of anilines is 3. The van der Waals surface area contributed by atoms with E-state index in [1.807, 2.05) is 0 Å². The number of halogens is 3. The highest BCUT2D eigenvalue weighted by Gasteiger charge is 2.10. The summed E-state index contributed by atoms with van der Waals surface area (Å²) in [6.07, 6.45) is 0.967. The lowest BCUT2D eigenvalue weighted by Gasteiger charge is -2.11. The molecular formula is C11H10BrF2N5. The van der Waals surface area contributed by atoms with Crippen LogP contribution in [-0.2, 0) is 0 Å². The van der Waals surface area contributed by atoms with E-state index in [2.05, 4.69) is 36.6 Å². The maximum absolute atomic E-state index is 13.5. The van der Waals surface area contributed by atoms with E-state index in [1.165, 1.54) is 6.07 Å². The molecule has 4 N–H and O–H groups in total. The lowest BCUT2D eigenvalue weighted by Crippen LogP contribution is -2.12. The molecule has 0 spiro atoms. The third-order valence-electron chi connectivity index (χ3n) is 2.39. The van der Waals surface area contributed by atoms with Crippen molar-refractivity contribution < 1.29 is 8.78 Å². The van der Waals surface area contributed by atoms with Crippen LogP contribution in [-0.4, -0.2) is 9.97 Å². The van der Waals surface area contributed by atoms with Crippen LogP contribution in [0.3, 0.4) is 0 Å². The molecule has 0 aliphatic carbocycles. The van der Waals surface area contributed by atoms with E-state index in [4.69, 9.17) is 5.84 Å². The molecule has 0 fully saturated rings. The maximum atomic E-state index is 13.5. The third-order valence-corrected chi connectivity index (χ3v) is 3.00. The topological polar surface area (TPSA) is 75.9 Å². The van der Waals surface area contributed by atoms with Gasteiger partial charge in [-0.25, -0.2) is 19.6 Å². The van der Waals surface area contributed by atoms with Crippen LogP contribution < -0.4 is 16.6 Å². The second-order valence-electron chi connectivity index (χ2n) is 3.74. The average molecular weight is 330 g/mol. The number of hydrogen-bond donors (Lipinski definition) is 3. The van der Waals surface area contributed by atoms with Crippen molar-refractivity contribution in [1.82, 2.24) is 9.97 Å². The second kappa shape index (κ2) is 5.45. The minimum atomic E-state index is -0.665. The molecule has 0 unspecified atom stereocenters. The van der Waals surface area contributed by atoms with E-state index < -0.39 is 11.6 Å². The fraction of sp³-hybridized carbons (Fsp3) is 0.0909. The van der Waals surface area contributed by atoms with E-state index in [1.54, 1.807) is 13.0 Å². The number of aromatic nitrogens is 2. The molecule has 0 radical (unpaired) electrons. The Morgan fingerprint density at radius 1 is 1.26 bits per heavy atom. The summed E-state index contributed by atoms with van der Waals surface area (Å²) in [6.45, 7) is 1.76. The Hall–Kier alpha value is -1.80. The molecule has 0 amide bonds. The number of hydrazine groups is 1. The highest BCUT2D eigenvalue weighted by molar-refractivity contribution is 9.10. The van der Waals surface area contributed by atoms with Crippen LogP contribution in [0.4, 0.5) is 26.2 Å². The largest absolute Gasteiger partial charge is 0.337 e. The molecule has 5 nitrogen and oxygen atoms in total. The third kappa shape index (κ3) is 2.96. The zero-order valence-corrected chi connectivity index (χ0v) is 11.4. The number of nitrogens with one attached hydrogen (secondary N) is 2. The molecule has 1 aromatic heterocycles. The number of hydrogen-bond acceptors (Lipinski definition) is 5. The van der Waals surface area contributed by atoms with Gasteiger partial charge in [-0.15, -0.1) is 0 Å². The van der Waals surface area contributed by atoms with Crippen molar-refractivity contribution in [2.24, 2.45) is 5.84 Å². The van der Waals surface area contributed by atoms with E-state index >= 15 is 0 Å². The fourth-order valence-electron chi connectivity index (χ4n) is 1.43. The van der Waals surface area contributed by atoms with Gasteiger partial charge < -0.3 is 5.32 Å². The first-order valence-electron chi connectivity index (χ1n) is 5.23. The predicted molar refractivity (Wildman–Crippen MR) is 71.9 cm³/mol. The Morgan fingerprint density at radius 2 is 2.00 bits per heavy atom. The molecule has 1 heterocycles. The van der Waals surface area contributed by atoms with Crippen LogP contribution in [0.2, 0.25) is 0 Å². The minimum Gasteiger partial charge on any atom is -0.337 e. The molecule has 0 aliphatic heterocycles. The summed E-state index contributed by atoms with van der Waals surface area (Å²) >= 11 is 3.07. The van der Waals surface area contributed by atoms with Crippen LogP contribution in [0.15, 0.2) is 22.8 Å². The molecule has 0 saturated carbocycles. The molecule has 1 aromatic carbocycles. The van der Waals surface area contributed by atoms with Gasteiger partial charge in [0.2, 0.25) is 5.95 Å². The number of nitrogens with zero attached hydrogens (tertiary/aromatic N) is 2. The SMILES string of the molecule is Cc1cc(Br)c(F)cc1Nc1nc(NN)ncc1F. The molecule has 0 bridgehead atoms. The van der Waals surface area contributed by atoms with Crippen molar-refractivity contribution in [3.05, 3.63) is 40.0 Å². The molecule has 2 aromatic rings. The molecule has 2 rings (SSSR count). The number of nitrogen functional groups attached to an aromatic ring is 1. The lowest BCUT2D eigenvalue weighted by molar-refractivity contribution is 0.617. The summed E-state index contributed by atoms with van der Waals surface area (Å²) in [5, 5.41) is 2.70. The molecule has 0 aliphatic rings. The first-order valence-corrected chi connectivity index (χ1v) is 6.02. The minimum absolute atomic E-state index is 0.0548. The zero-order chi connectivity index (χ0) is 14.0. The Morgan fingerprint density at radius 3 is 2.68 bits per heavy atom. The number of rotatable bonds is 3. The van der Waals surface area contributed by atoms with Crippen LogP contribution in [0, 0.1) is 18.6 Å². The number of aryl methyl sites for hydroxylation is 1. The number of benzene rings is 1. The molecule has 0 saturated heterocycles. The van der Waals surface area contributed by atoms with Gasteiger partial charge in [0.15, 0.2) is 11.6 Å². The van der Waals surface area contributed by atoms with Crippen molar-refractivity contribution in [1.29, 1.82) is 0 Å². The van der Waals surface area contributed by atoms with Crippen molar-refractivity contribution >= 4 is 33.4 Å². The quantitative estimate of drug-likeness (QED) is 0.596. The Kier molecular flexibility index (Phi) is 3.91. The van der Waals surface area contributed by atoms with Crippen molar-refractivity contribution in [2.75, 3.05) is 10.7 Å². The molecule has 100 valence electrons. The van der Waals surface area contributed by atoms with Gasteiger partial charge in [-0.1, -0.05) is 0 Å². The first kappa shape index (κ1) is 13.6. The summed E-state index contributed by atoms with van der Waals surface area (Å²) in [5.74, 6) is 3.99. The Balaban J connectivity index is 2.38. The monoisotopic (exact) mass is 329 g/mol. The van der Waals surface area contributed by atoms with Gasteiger partial charge in [-0.05, 0) is 40.5 Å². The van der Waals surface area contributed by atoms with E-state index in [0.29, 0.717) is 10.2 Å². The van der Waals surface area contributed by atoms with Crippen LogP contribution in [0.5, 0.6) is 0 Å². The molecule has 0 atom stereocenters. The number of nitrogens with two attached hydrogens (primary N) is 1. The first-order chi connectivity index (χ1) is 9.01. The normalized spacial score (nSPS) is 10.4. The summed E-state index contributed by atoms with van der Waals surface area (Å²) in [6, 6.07) is 2.83.